The van der Waals surface area contributed by atoms with Gasteiger partial charge in [0.2, 0.25) is 0 Å². The fourth-order valence-corrected chi connectivity index (χ4v) is 2.33. The van der Waals surface area contributed by atoms with Gasteiger partial charge >= 0.3 is 6.18 Å². The summed E-state index contributed by atoms with van der Waals surface area (Å²) in [5, 5.41) is 0. The average Bonchev–Trinajstić information content (AvgIpc) is 1.94. The van der Waals surface area contributed by atoms with Crippen LogP contribution in [0.1, 0.15) is 5.56 Å². The molecule has 0 radical (unpaired) electrons. The molecule has 72 valence electrons. The number of hydrogen-bond acceptors (Lipinski definition) is 1. The summed E-state index contributed by atoms with van der Waals surface area (Å²) in [5.74, 6) is 0. The van der Waals surface area contributed by atoms with Crippen molar-refractivity contribution >= 4 is 44.2 Å². The molecule has 0 aliphatic carbocycles. The van der Waals surface area contributed by atoms with Gasteiger partial charge < -0.3 is 5.73 Å². The SMILES string of the molecule is Nc1c(I)cc(Br)cc1C(F)(F)F. The van der Waals surface area contributed by atoms with Crippen molar-refractivity contribution in [2.75, 3.05) is 5.73 Å². The van der Waals surface area contributed by atoms with Gasteiger partial charge in [0.1, 0.15) is 0 Å². The first-order chi connectivity index (χ1) is 5.82. The van der Waals surface area contributed by atoms with Gasteiger partial charge in [-0.15, -0.1) is 0 Å². The summed E-state index contributed by atoms with van der Waals surface area (Å²) >= 11 is 4.74. The number of rotatable bonds is 0. The van der Waals surface area contributed by atoms with Crippen LogP contribution in [0.2, 0.25) is 0 Å². The molecule has 13 heavy (non-hydrogen) atoms. The van der Waals surface area contributed by atoms with Gasteiger partial charge in [-0.25, -0.2) is 0 Å². The van der Waals surface area contributed by atoms with Crippen LogP contribution < -0.4 is 5.73 Å². The molecular formula is C7H4BrF3IN. The van der Waals surface area contributed by atoms with Crippen molar-refractivity contribution in [2.24, 2.45) is 0 Å². The lowest BCUT2D eigenvalue weighted by Crippen LogP contribution is -2.10. The third-order valence-electron chi connectivity index (χ3n) is 1.40. The Bertz CT molecular complexity index is 337. The molecular weight excluding hydrogens is 362 g/mol. The number of halogens is 5. The second-order valence-electron chi connectivity index (χ2n) is 2.35. The Morgan fingerprint density at radius 2 is 1.85 bits per heavy atom. The Kier molecular flexibility index (Phi) is 3.11. The molecule has 0 aliphatic heterocycles. The fraction of sp³-hybridized carbons (Fsp3) is 0.143. The molecule has 0 aliphatic rings. The Balaban J connectivity index is 3.37. The van der Waals surface area contributed by atoms with Crippen LogP contribution in [0, 0.1) is 3.57 Å². The highest BCUT2D eigenvalue weighted by Crippen LogP contribution is 2.37. The number of benzene rings is 1. The van der Waals surface area contributed by atoms with Gasteiger partial charge in [0.05, 0.1) is 11.3 Å². The van der Waals surface area contributed by atoms with Crippen LogP contribution in [0.4, 0.5) is 18.9 Å². The van der Waals surface area contributed by atoms with E-state index in [9.17, 15) is 13.2 Å². The Hall–Kier alpha value is 0.0200. The van der Waals surface area contributed by atoms with E-state index >= 15 is 0 Å². The van der Waals surface area contributed by atoms with Crippen molar-refractivity contribution in [1.29, 1.82) is 0 Å². The van der Waals surface area contributed by atoms with E-state index in [1.165, 1.54) is 6.07 Å². The van der Waals surface area contributed by atoms with Gasteiger partial charge in [-0.3, -0.25) is 0 Å². The molecule has 0 atom stereocenters. The highest BCUT2D eigenvalue weighted by atomic mass is 127. The number of hydrogen-bond donors (Lipinski definition) is 1. The molecule has 0 spiro atoms. The molecule has 1 rings (SSSR count). The minimum Gasteiger partial charge on any atom is -0.397 e. The van der Waals surface area contributed by atoms with E-state index in [0.29, 0.717) is 8.04 Å². The highest BCUT2D eigenvalue weighted by molar-refractivity contribution is 14.1. The van der Waals surface area contributed by atoms with E-state index in [0.717, 1.165) is 6.07 Å². The maximum absolute atomic E-state index is 12.3. The summed E-state index contributed by atoms with van der Waals surface area (Å²) in [7, 11) is 0. The lowest BCUT2D eigenvalue weighted by Gasteiger charge is -2.11. The first-order valence-corrected chi connectivity index (χ1v) is 5.01. The monoisotopic (exact) mass is 365 g/mol. The van der Waals surface area contributed by atoms with Crippen LogP contribution in [-0.2, 0) is 6.18 Å². The van der Waals surface area contributed by atoms with E-state index in [-0.39, 0.29) is 5.69 Å². The number of nitrogen functional groups attached to an aromatic ring is 1. The Labute approximate surface area is 94.8 Å². The van der Waals surface area contributed by atoms with E-state index in [1.807, 2.05) is 0 Å². The molecule has 2 N–H and O–H groups in total. The topological polar surface area (TPSA) is 26.0 Å². The lowest BCUT2D eigenvalue weighted by atomic mass is 10.2. The molecule has 0 saturated heterocycles. The zero-order chi connectivity index (χ0) is 10.2. The third kappa shape index (κ3) is 2.49. The zero-order valence-corrected chi connectivity index (χ0v) is 9.87. The van der Waals surface area contributed by atoms with Crippen LogP contribution in [0.3, 0.4) is 0 Å². The molecule has 1 aromatic carbocycles. The van der Waals surface area contributed by atoms with E-state index in [1.54, 1.807) is 22.6 Å². The van der Waals surface area contributed by atoms with Crippen molar-refractivity contribution in [1.82, 2.24) is 0 Å². The van der Waals surface area contributed by atoms with Crippen LogP contribution in [0.15, 0.2) is 16.6 Å². The Morgan fingerprint density at radius 3 is 2.31 bits per heavy atom. The molecule has 0 fully saturated rings. The number of alkyl halides is 3. The largest absolute Gasteiger partial charge is 0.418 e. The van der Waals surface area contributed by atoms with Crippen LogP contribution in [-0.4, -0.2) is 0 Å². The predicted molar refractivity (Wildman–Crippen MR) is 56.3 cm³/mol. The summed E-state index contributed by atoms with van der Waals surface area (Å²) < 4.78 is 37.7. The molecule has 0 unspecified atom stereocenters. The van der Waals surface area contributed by atoms with E-state index < -0.39 is 11.7 Å². The van der Waals surface area contributed by atoms with Gasteiger partial charge in [0.15, 0.2) is 0 Å². The first kappa shape index (κ1) is 11.1. The summed E-state index contributed by atoms with van der Waals surface area (Å²) in [5.41, 5.74) is 4.26. The van der Waals surface area contributed by atoms with E-state index in [4.69, 9.17) is 5.73 Å². The Morgan fingerprint density at radius 1 is 1.31 bits per heavy atom. The molecule has 0 amide bonds. The molecule has 0 heterocycles. The molecule has 0 bridgehead atoms. The lowest BCUT2D eigenvalue weighted by molar-refractivity contribution is -0.137. The molecule has 6 heteroatoms. The standard InChI is InChI=1S/C7H4BrF3IN/c8-3-1-4(7(9,10)11)6(13)5(12)2-3/h1-2H,13H2. The molecule has 1 aromatic rings. The minimum absolute atomic E-state index is 0.226. The maximum Gasteiger partial charge on any atom is 0.418 e. The fourth-order valence-electron chi connectivity index (χ4n) is 0.819. The molecule has 0 saturated carbocycles. The van der Waals surface area contributed by atoms with Crippen LogP contribution >= 0.6 is 38.5 Å². The smallest absolute Gasteiger partial charge is 0.397 e. The van der Waals surface area contributed by atoms with Crippen LogP contribution in [0.5, 0.6) is 0 Å². The average molecular weight is 366 g/mol. The first-order valence-electron chi connectivity index (χ1n) is 3.14. The van der Waals surface area contributed by atoms with Crippen LogP contribution in [0.25, 0.3) is 0 Å². The van der Waals surface area contributed by atoms with Crippen molar-refractivity contribution in [3.05, 3.63) is 25.7 Å². The molecule has 1 nitrogen and oxygen atoms in total. The van der Waals surface area contributed by atoms with Gasteiger partial charge in [-0.2, -0.15) is 13.2 Å². The van der Waals surface area contributed by atoms with Crippen molar-refractivity contribution in [3.63, 3.8) is 0 Å². The van der Waals surface area contributed by atoms with Crippen molar-refractivity contribution in [3.8, 4) is 0 Å². The minimum atomic E-state index is -4.40. The second-order valence-corrected chi connectivity index (χ2v) is 4.42. The summed E-state index contributed by atoms with van der Waals surface area (Å²) in [6.45, 7) is 0. The summed E-state index contributed by atoms with van der Waals surface area (Å²) in [6, 6.07) is 2.50. The van der Waals surface area contributed by atoms with Gasteiger partial charge in [-0.1, -0.05) is 15.9 Å². The highest BCUT2D eigenvalue weighted by Gasteiger charge is 2.33. The molecule has 0 aromatic heterocycles. The number of nitrogens with two attached hydrogens (primary N) is 1. The van der Waals surface area contributed by atoms with E-state index in [2.05, 4.69) is 15.9 Å². The summed E-state index contributed by atoms with van der Waals surface area (Å²) in [6.07, 6.45) is -4.40. The van der Waals surface area contributed by atoms with Gasteiger partial charge in [0.25, 0.3) is 0 Å². The predicted octanol–water partition coefficient (Wildman–Crippen LogP) is 3.65. The number of anilines is 1. The van der Waals surface area contributed by atoms with Crippen molar-refractivity contribution in [2.45, 2.75) is 6.18 Å². The second kappa shape index (κ2) is 3.64. The maximum atomic E-state index is 12.3. The zero-order valence-electron chi connectivity index (χ0n) is 6.12. The van der Waals surface area contributed by atoms with Crippen molar-refractivity contribution < 1.29 is 13.2 Å². The van der Waals surface area contributed by atoms with Gasteiger partial charge in [0, 0.05) is 8.04 Å². The quantitative estimate of drug-likeness (QED) is 0.551. The van der Waals surface area contributed by atoms with Gasteiger partial charge in [-0.05, 0) is 34.7 Å². The third-order valence-corrected chi connectivity index (χ3v) is 2.75. The normalized spacial score (nSPS) is 11.8. The summed E-state index contributed by atoms with van der Waals surface area (Å²) in [4.78, 5) is 0.